The fraction of sp³-hybridized carbons (Fsp3) is 0.250. The molecule has 1 aromatic carbocycles. The molecule has 0 bridgehead atoms. The highest BCUT2D eigenvalue weighted by atomic mass is 16.6. The highest BCUT2D eigenvalue weighted by molar-refractivity contribution is 5.76. The molecule has 0 saturated carbocycles. The number of ether oxygens (including phenoxy) is 2. The molecular formula is C12H12N2O4. The van der Waals surface area contributed by atoms with E-state index in [1.54, 1.807) is 25.1 Å². The minimum atomic E-state index is 0.202. The molecule has 6 nitrogen and oxygen atoms in total. The molecule has 94 valence electrons. The van der Waals surface area contributed by atoms with Gasteiger partial charge in [-0.15, -0.1) is 0 Å². The molecule has 0 atom stereocenters. The average molecular weight is 248 g/mol. The van der Waals surface area contributed by atoms with Crippen LogP contribution in [0.2, 0.25) is 0 Å². The van der Waals surface area contributed by atoms with E-state index in [9.17, 15) is 4.79 Å². The van der Waals surface area contributed by atoms with Gasteiger partial charge < -0.3 is 9.47 Å². The number of hydrogen-bond acceptors (Lipinski definition) is 6. The summed E-state index contributed by atoms with van der Waals surface area (Å²) in [5, 5.41) is 7.36. The summed E-state index contributed by atoms with van der Waals surface area (Å²) in [6.45, 7) is 1.97. The van der Waals surface area contributed by atoms with Gasteiger partial charge in [0.25, 0.3) is 0 Å². The highest BCUT2D eigenvalue weighted by Crippen LogP contribution is 2.28. The fourth-order valence-corrected chi connectivity index (χ4v) is 1.41. The Kier molecular flexibility index (Phi) is 3.57. The Morgan fingerprint density at radius 3 is 2.78 bits per heavy atom. The normalized spacial score (nSPS) is 10.1. The van der Waals surface area contributed by atoms with E-state index in [1.165, 1.54) is 7.11 Å². The van der Waals surface area contributed by atoms with E-state index in [1.807, 2.05) is 0 Å². The van der Waals surface area contributed by atoms with Crippen molar-refractivity contribution in [2.75, 3.05) is 7.11 Å². The van der Waals surface area contributed by atoms with Gasteiger partial charge in [0.1, 0.15) is 24.3 Å². The Bertz CT molecular complexity index is 551. The monoisotopic (exact) mass is 248 g/mol. The summed E-state index contributed by atoms with van der Waals surface area (Å²) < 4.78 is 15.3. The van der Waals surface area contributed by atoms with Gasteiger partial charge in [-0.05, 0) is 25.1 Å². The number of rotatable bonds is 5. The molecule has 2 aromatic rings. The lowest BCUT2D eigenvalue weighted by molar-refractivity contribution is 0.112. The topological polar surface area (TPSA) is 74.5 Å². The SMILES string of the molecule is COc1ccc(C=O)cc1OCc1nonc1C. The van der Waals surface area contributed by atoms with Gasteiger partial charge in [-0.25, -0.2) is 4.63 Å². The van der Waals surface area contributed by atoms with Crippen LogP contribution in [0.4, 0.5) is 0 Å². The molecule has 0 fully saturated rings. The molecule has 1 heterocycles. The van der Waals surface area contributed by atoms with Crippen LogP contribution in [-0.2, 0) is 6.61 Å². The molecule has 0 spiro atoms. The van der Waals surface area contributed by atoms with E-state index in [2.05, 4.69) is 14.9 Å². The van der Waals surface area contributed by atoms with E-state index in [-0.39, 0.29) is 6.61 Å². The summed E-state index contributed by atoms with van der Waals surface area (Å²) in [7, 11) is 1.53. The third kappa shape index (κ3) is 2.48. The van der Waals surface area contributed by atoms with Gasteiger partial charge in [-0.3, -0.25) is 4.79 Å². The molecule has 1 aromatic heterocycles. The Hall–Kier alpha value is -2.37. The first-order valence-corrected chi connectivity index (χ1v) is 5.28. The van der Waals surface area contributed by atoms with Crippen molar-refractivity contribution in [2.24, 2.45) is 0 Å². The van der Waals surface area contributed by atoms with Gasteiger partial charge in [0.05, 0.1) is 7.11 Å². The van der Waals surface area contributed by atoms with E-state index >= 15 is 0 Å². The molecule has 0 saturated heterocycles. The number of benzene rings is 1. The lowest BCUT2D eigenvalue weighted by atomic mass is 10.2. The zero-order valence-electron chi connectivity index (χ0n) is 10.0. The summed E-state index contributed by atoms with van der Waals surface area (Å²) in [4.78, 5) is 10.7. The minimum Gasteiger partial charge on any atom is -0.493 e. The summed E-state index contributed by atoms with van der Waals surface area (Å²) in [5.74, 6) is 1.03. The molecule has 0 N–H and O–H groups in total. The second-order valence-corrected chi connectivity index (χ2v) is 3.61. The van der Waals surface area contributed by atoms with Crippen molar-refractivity contribution < 1.29 is 18.9 Å². The summed E-state index contributed by atoms with van der Waals surface area (Å²) in [6.07, 6.45) is 0.745. The van der Waals surface area contributed by atoms with Gasteiger partial charge >= 0.3 is 0 Å². The zero-order valence-corrected chi connectivity index (χ0v) is 10.0. The number of nitrogens with zero attached hydrogens (tertiary/aromatic N) is 2. The maximum Gasteiger partial charge on any atom is 0.162 e. The fourth-order valence-electron chi connectivity index (χ4n) is 1.41. The van der Waals surface area contributed by atoms with Crippen molar-refractivity contribution in [3.63, 3.8) is 0 Å². The largest absolute Gasteiger partial charge is 0.493 e. The summed E-state index contributed by atoms with van der Waals surface area (Å²) in [5.41, 5.74) is 1.79. The molecule has 0 amide bonds. The standard InChI is InChI=1S/C12H12N2O4/c1-8-10(14-18-13-8)7-17-12-5-9(6-15)3-4-11(12)16-2/h3-6H,7H2,1-2H3. The van der Waals surface area contributed by atoms with E-state index < -0.39 is 0 Å². The van der Waals surface area contributed by atoms with Crippen LogP contribution < -0.4 is 9.47 Å². The molecule has 0 radical (unpaired) electrons. The predicted octanol–water partition coefficient (Wildman–Crippen LogP) is 1.78. The van der Waals surface area contributed by atoms with Crippen LogP contribution in [0.1, 0.15) is 21.7 Å². The quantitative estimate of drug-likeness (QED) is 0.751. The number of hydrogen-bond donors (Lipinski definition) is 0. The average Bonchev–Trinajstić information content (AvgIpc) is 2.81. The molecule has 0 unspecified atom stereocenters. The van der Waals surface area contributed by atoms with Crippen molar-refractivity contribution in [1.29, 1.82) is 0 Å². The Morgan fingerprint density at radius 1 is 1.33 bits per heavy atom. The first-order chi connectivity index (χ1) is 8.74. The predicted molar refractivity (Wildman–Crippen MR) is 61.7 cm³/mol. The molecule has 2 rings (SSSR count). The number of aldehydes is 1. The minimum absolute atomic E-state index is 0.202. The summed E-state index contributed by atoms with van der Waals surface area (Å²) >= 11 is 0. The molecule has 0 aliphatic rings. The third-order valence-corrected chi connectivity index (χ3v) is 2.43. The number of aryl methyl sites for hydroxylation is 1. The van der Waals surface area contributed by atoms with Gasteiger partial charge in [0.15, 0.2) is 11.5 Å². The Morgan fingerprint density at radius 2 is 2.17 bits per heavy atom. The van der Waals surface area contributed by atoms with Crippen LogP contribution >= 0.6 is 0 Å². The van der Waals surface area contributed by atoms with E-state index in [4.69, 9.17) is 9.47 Å². The highest BCUT2D eigenvalue weighted by Gasteiger charge is 2.09. The van der Waals surface area contributed by atoms with Crippen LogP contribution in [-0.4, -0.2) is 23.7 Å². The van der Waals surface area contributed by atoms with Gasteiger partial charge in [-0.2, -0.15) is 0 Å². The van der Waals surface area contributed by atoms with Crippen molar-refractivity contribution in [3.8, 4) is 11.5 Å². The van der Waals surface area contributed by atoms with Crippen LogP contribution in [0.25, 0.3) is 0 Å². The van der Waals surface area contributed by atoms with Gasteiger partial charge in [0, 0.05) is 5.56 Å². The maximum absolute atomic E-state index is 10.7. The van der Waals surface area contributed by atoms with Crippen LogP contribution in [0.5, 0.6) is 11.5 Å². The number of methoxy groups -OCH3 is 1. The smallest absolute Gasteiger partial charge is 0.162 e. The van der Waals surface area contributed by atoms with Crippen molar-refractivity contribution in [2.45, 2.75) is 13.5 Å². The second kappa shape index (κ2) is 5.31. The first-order valence-electron chi connectivity index (χ1n) is 5.28. The maximum atomic E-state index is 10.7. The lowest BCUT2D eigenvalue weighted by Gasteiger charge is -2.09. The first kappa shape index (κ1) is 12.1. The number of carbonyl (C=O) groups excluding carboxylic acids is 1. The Balaban J connectivity index is 2.17. The van der Waals surface area contributed by atoms with E-state index in [0.717, 1.165) is 6.29 Å². The van der Waals surface area contributed by atoms with Gasteiger partial charge in [0.2, 0.25) is 0 Å². The molecular weight excluding hydrogens is 236 g/mol. The van der Waals surface area contributed by atoms with Crippen LogP contribution in [0, 0.1) is 6.92 Å². The van der Waals surface area contributed by atoms with Gasteiger partial charge in [-0.1, -0.05) is 10.3 Å². The number of aromatic nitrogens is 2. The zero-order chi connectivity index (χ0) is 13.0. The third-order valence-electron chi connectivity index (χ3n) is 2.43. The van der Waals surface area contributed by atoms with Crippen molar-refractivity contribution >= 4 is 6.29 Å². The molecule has 6 heteroatoms. The van der Waals surface area contributed by atoms with Crippen LogP contribution in [0.15, 0.2) is 22.8 Å². The number of carbonyl (C=O) groups is 1. The molecule has 0 aliphatic carbocycles. The summed E-state index contributed by atoms with van der Waals surface area (Å²) in [6, 6.07) is 4.93. The van der Waals surface area contributed by atoms with E-state index in [0.29, 0.717) is 28.5 Å². The van der Waals surface area contributed by atoms with Crippen LogP contribution in [0.3, 0.4) is 0 Å². The second-order valence-electron chi connectivity index (χ2n) is 3.61. The Labute approximate surface area is 103 Å². The molecule has 0 aliphatic heterocycles. The van der Waals surface area contributed by atoms with Crippen molar-refractivity contribution in [3.05, 3.63) is 35.2 Å². The molecule has 18 heavy (non-hydrogen) atoms. The van der Waals surface area contributed by atoms with Crippen molar-refractivity contribution in [1.82, 2.24) is 10.3 Å². The lowest BCUT2D eigenvalue weighted by Crippen LogP contribution is -2.00.